The van der Waals surface area contributed by atoms with Crippen LogP contribution in [0.4, 0.5) is 5.69 Å². The number of halogens is 1. The molecule has 0 heterocycles. The van der Waals surface area contributed by atoms with Crippen LogP contribution in [0, 0.1) is 13.8 Å². The average molecular weight is 466 g/mol. The molecule has 8 heteroatoms. The van der Waals surface area contributed by atoms with Crippen molar-refractivity contribution in [3.8, 4) is 11.5 Å². The molecule has 0 fully saturated rings. The molecule has 0 unspecified atom stereocenters. The number of amides is 2. The molecule has 3 rings (SSSR count). The number of aryl methyl sites for hydroxylation is 1. The maximum atomic E-state index is 12.3. The van der Waals surface area contributed by atoms with E-state index in [1.807, 2.05) is 32.0 Å². The Morgan fingerprint density at radius 3 is 2.52 bits per heavy atom. The van der Waals surface area contributed by atoms with E-state index in [0.29, 0.717) is 27.6 Å². The van der Waals surface area contributed by atoms with Gasteiger partial charge >= 0.3 is 0 Å². The zero-order valence-electron chi connectivity index (χ0n) is 18.5. The first-order chi connectivity index (χ1) is 15.9. The molecule has 170 valence electrons. The van der Waals surface area contributed by atoms with Gasteiger partial charge in [-0.15, -0.1) is 0 Å². The Hall–Kier alpha value is -3.84. The van der Waals surface area contributed by atoms with Crippen molar-refractivity contribution in [2.75, 3.05) is 19.0 Å². The van der Waals surface area contributed by atoms with Crippen LogP contribution in [0.3, 0.4) is 0 Å². The average Bonchev–Trinajstić information content (AvgIpc) is 2.81. The van der Waals surface area contributed by atoms with Crippen molar-refractivity contribution in [2.24, 2.45) is 5.10 Å². The second-order valence-corrected chi connectivity index (χ2v) is 7.64. The Morgan fingerprint density at radius 2 is 1.79 bits per heavy atom. The van der Waals surface area contributed by atoms with Crippen molar-refractivity contribution in [1.29, 1.82) is 0 Å². The molecule has 0 bridgehead atoms. The van der Waals surface area contributed by atoms with Crippen LogP contribution in [0.15, 0.2) is 65.8 Å². The summed E-state index contributed by atoms with van der Waals surface area (Å²) >= 11 is 5.82. The molecule has 0 saturated heterocycles. The maximum absolute atomic E-state index is 12.3. The zero-order chi connectivity index (χ0) is 23.8. The Morgan fingerprint density at radius 1 is 1.03 bits per heavy atom. The van der Waals surface area contributed by atoms with Gasteiger partial charge in [0, 0.05) is 16.3 Å². The summed E-state index contributed by atoms with van der Waals surface area (Å²) in [4.78, 5) is 24.4. The number of benzene rings is 3. The van der Waals surface area contributed by atoms with E-state index in [9.17, 15) is 9.59 Å². The van der Waals surface area contributed by atoms with Crippen LogP contribution in [0.25, 0.3) is 0 Å². The molecule has 0 aliphatic carbocycles. The first-order valence-electron chi connectivity index (χ1n) is 10.1. The summed E-state index contributed by atoms with van der Waals surface area (Å²) in [5.74, 6) is 0.212. The van der Waals surface area contributed by atoms with Crippen molar-refractivity contribution in [3.05, 3.63) is 87.9 Å². The second-order valence-electron chi connectivity index (χ2n) is 7.20. The van der Waals surface area contributed by atoms with Crippen molar-refractivity contribution in [1.82, 2.24) is 5.43 Å². The van der Waals surface area contributed by atoms with E-state index in [-0.39, 0.29) is 18.4 Å². The lowest BCUT2D eigenvalue weighted by atomic mass is 10.1. The summed E-state index contributed by atoms with van der Waals surface area (Å²) in [6.07, 6.45) is 1.48. The van der Waals surface area contributed by atoms with Gasteiger partial charge in [0.2, 0.25) is 0 Å². The SMILES string of the molecule is COc1cc(/C=N/NC(=O)c2ccc(Cl)cc2)ccc1OCC(=O)Nc1cccc(C)c1C. The highest BCUT2D eigenvalue weighted by atomic mass is 35.5. The van der Waals surface area contributed by atoms with Gasteiger partial charge in [0.15, 0.2) is 18.1 Å². The van der Waals surface area contributed by atoms with E-state index < -0.39 is 0 Å². The van der Waals surface area contributed by atoms with Gasteiger partial charge in [0.25, 0.3) is 11.8 Å². The van der Waals surface area contributed by atoms with E-state index in [1.165, 1.54) is 13.3 Å². The number of ether oxygens (including phenoxy) is 2. The van der Waals surface area contributed by atoms with E-state index in [0.717, 1.165) is 16.8 Å². The largest absolute Gasteiger partial charge is 0.493 e. The van der Waals surface area contributed by atoms with Crippen LogP contribution in [-0.2, 0) is 4.79 Å². The van der Waals surface area contributed by atoms with E-state index in [1.54, 1.807) is 42.5 Å². The number of rotatable bonds is 8. The summed E-state index contributed by atoms with van der Waals surface area (Å²) in [6.45, 7) is 3.77. The predicted octanol–water partition coefficient (Wildman–Crippen LogP) is 4.75. The van der Waals surface area contributed by atoms with Crippen LogP contribution < -0.4 is 20.2 Å². The first-order valence-corrected chi connectivity index (χ1v) is 10.5. The number of carbonyl (C=O) groups is 2. The number of nitrogens with one attached hydrogen (secondary N) is 2. The van der Waals surface area contributed by atoms with E-state index >= 15 is 0 Å². The molecule has 0 radical (unpaired) electrons. The van der Waals surface area contributed by atoms with Gasteiger partial charge < -0.3 is 14.8 Å². The third kappa shape index (κ3) is 6.57. The molecule has 33 heavy (non-hydrogen) atoms. The number of methoxy groups -OCH3 is 1. The molecule has 0 saturated carbocycles. The van der Waals surface area contributed by atoms with Crippen LogP contribution in [0.1, 0.15) is 27.0 Å². The molecule has 0 atom stereocenters. The quantitative estimate of drug-likeness (QED) is 0.371. The van der Waals surface area contributed by atoms with Gasteiger partial charge in [0.1, 0.15) is 0 Å². The number of hydrazone groups is 1. The van der Waals surface area contributed by atoms with E-state index in [2.05, 4.69) is 15.8 Å². The summed E-state index contributed by atoms with van der Waals surface area (Å²) in [6, 6.07) is 17.3. The monoisotopic (exact) mass is 465 g/mol. The number of carbonyl (C=O) groups excluding carboxylic acids is 2. The minimum Gasteiger partial charge on any atom is -0.493 e. The fourth-order valence-corrected chi connectivity index (χ4v) is 3.06. The van der Waals surface area contributed by atoms with Crippen molar-refractivity contribution < 1.29 is 19.1 Å². The molecule has 0 spiro atoms. The molecule has 3 aromatic carbocycles. The molecule has 0 aromatic heterocycles. The van der Waals surface area contributed by atoms with Crippen LogP contribution in [0.2, 0.25) is 5.02 Å². The van der Waals surface area contributed by atoms with Crippen LogP contribution in [-0.4, -0.2) is 31.7 Å². The molecule has 0 aliphatic rings. The zero-order valence-corrected chi connectivity index (χ0v) is 19.3. The number of nitrogens with zero attached hydrogens (tertiary/aromatic N) is 1. The number of anilines is 1. The molecule has 2 amide bonds. The molecule has 2 N–H and O–H groups in total. The smallest absolute Gasteiger partial charge is 0.271 e. The molecular weight excluding hydrogens is 442 g/mol. The minimum absolute atomic E-state index is 0.172. The van der Waals surface area contributed by atoms with E-state index in [4.69, 9.17) is 21.1 Å². The highest BCUT2D eigenvalue weighted by Gasteiger charge is 2.10. The molecule has 3 aromatic rings. The van der Waals surface area contributed by atoms with Crippen LogP contribution >= 0.6 is 11.6 Å². The number of hydrogen-bond donors (Lipinski definition) is 2. The fourth-order valence-electron chi connectivity index (χ4n) is 2.93. The van der Waals surface area contributed by atoms with Gasteiger partial charge in [-0.05, 0) is 79.1 Å². The van der Waals surface area contributed by atoms with Gasteiger partial charge in [-0.1, -0.05) is 23.7 Å². The fraction of sp³-hybridized carbons (Fsp3) is 0.160. The lowest BCUT2D eigenvalue weighted by Gasteiger charge is -2.13. The lowest BCUT2D eigenvalue weighted by Crippen LogP contribution is -2.21. The summed E-state index contributed by atoms with van der Waals surface area (Å²) in [5, 5.41) is 7.36. The number of hydrogen-bond acceptors (Lipinski definition) is 5. The Kier molecular flexibility index (Phi) is 8.05. The Labute approximate surface area is 197 Å². The maximum Gasteiger partial charge on any atom is 0.271 e. The second kappa shape index (κ2) is 11.2. The topological polar surface area (TPSA) is 89.0 Å². The van der Waals surface area contributed by atoms with Crippen molar-refractivity contribution in [3.63, 3.8) is 0 Å². The summed E-state index contributed by atoms with van der Waals surface area (Å²) in [5.41, 5.74) is 6.43. The Balaban J connectivity index is 1.58. The highest BCUT2D eigenvalue weighted by Crippen LogP contribution is 2.27. The normalized spacial score (nSPS) is 10.7. The van der Waals surface area contributed by atoms with Gasteiger partial charge in [0.05, 0.1) is 13.3 Å². The molecular formula is C25H24ClN3O4. The minimum atomic E-state index is -0.357. The third-order valence-corrected chi connectivity index (χ3v) is 5.16. The summed E-state index contributed by atoms with van der Waals surface area (Å²) < 4.78 is 11.0. The standard InChI is InChI=1S/C25H24ClN3O4/c1-16-5-4-6-21(17(16)2)28-24(30)15-33-22-12-7-18(13-23(22)32-3)14-27-29-25(31)19-8-10-20(26)11-9-19/h4-14H,15H2,1-3H3,(H,28,30)(H,29,31)/b27-14+. The van der Waals surface area contributed by atoms with Gasteiger partial charge in [-0.2, -0.15) is 5.10 Å². The third-order valence-electron chi connectivity index (χ3n) is 4.91. The van der Waals surface area contributed by atoms with Gasteiger partial charge in [-0.3, -0.25) is 9.59 Å². The lowest BCUT2D eigenvalue weighted by molar-refractivity contribution is -0.118. The first kappa shape index (κ1) is 23.8. The van der Waals surface area contributed by atoms with Crippen LogP contribution in [0.5, 0.6) is 11.5 Å². The predicted molar refractivity (Wildman–Crippen MR) is 130 cm³/mol. The van der Waals surface area contributed by atoms with Crippen molar-refractivity contribution in [2.45, 2.75) is 13.8 Å². The van der Waals surface area contributed by atoms with Gasteiger partial charge in [-0.25, -0.2) is 5.43 Å². The molecule has 0 aliphatic heterocycles. The summed E-state index contributed by atoms with van der Waals surface area (Å²) in [7, 11) is 1.50. The molecule has 7 nitrogen and oxygen atoms in total. The van der Waals surface area contributed by atoms with Crippen molar-refractivity contribution >= 4 is 35.3 Å². The Bertz CT molecular complexity index is 1180. The highest BCUT2D eigenvalue weighted by molar-refractivity contribution is 6.30.